The van der Waals surface area contributed by atoms with Crippen molar-refractivity contribution in [1.82, 2.24) is 0 Å². The lowest BCUT2D eigenvalue weighted by Crippen LogP contribution is -2.59. The molecule has 0 radical (unpaired) electrons. The molecule has 0 amide bonds. The first kappa shape index (κ1) is 15.8. The Hall–Kier alpha value is -0.0400. The molecule has 0 aromatic carbocycles. The number of hydrogen-bond donors (Lipinski definition) is 1. The molecule has 6 atom stereocenters. The van der Waals surface area contributed by atoms with Gasteiger partial charge in [0.15, 0.2) is 0 Å². The molecule has 0 spiro atoms. The Kier molecular flexibility index (Phi) is 3.76. The summed E-state index contributed by atoms with van der Waals surface area (Å²) in [6.07, 6.45) is 10.1. The molecule has 1 heteroatoms. The third-order valence-corrected chi connectivity index (χ3v) is 8.46. The molecule has 0 saturated heterocycles. The maximum absolute atomic E-state index is 11.7. The van der Waals surface area contributed by atoms with Crippen LogP contribution in [0.4, 0.5) is 0 Å². The minimum atomic E-state index is -0.418. The molecule has 3 rings (SSSR count). The molecule has 122 valence electrons. The maximum atomic E-state index is 11.7. The van der Waals surface area contributed by atoms with Gasteiger partial charge in [-0.2, -0.15) is 0 Å². The summed E-state index contributed by atoms with van der Waals surface area (Å²) in [7, 11) is 0. The molecule has 3 aliphatic rings. The minimum absolute atomic E-state index is 0.161. The van der Waals surface area contributed by atoms with Gasteiger partial charge in [-0.15, -0.1) is 0 Å². The third-order valence-electron chi connectivity index (χ3n) is 8.46. The maximum Gasteiger partial charge on any atom is 0.0729 e. The summed E-state index contributed by atoms with van der Waals surface area (Å²) < 4.78 is 0. The van der Waals surface area contributed by atoms with Gasteiger partial charge < -0.3 is 5.11 Å². The van der Waals surface area contributed by atoms with Crippen molar-refractivity contribution in [2.24, 2.45) is 34.5 Å². The molecule has 3 saturated carbocycles. The van der Waals surface area contributed by atoms with E-state index < -0.39 is 5.60 Å². The lowest BCUT2D eigenvalue weighted by molar-refractivity contribution is -0.188. The second kappa shape index (κ2) is 4.98. The normalized spacial score (nSPS) is 53.4. The summed E-state index contributed by atoms with van der Waals surface area (Å²) in [4.78, 5) is 0. The second-order valence-electron chi connectivity index (χ2n) is 9.70. The largest absolute Gasteiger partial charge is 0.389 e. The third kappa shape index (κ3) is 2.21. The van der Waals surface area contributed by atoms with Crippen LogP contribution >= 0.6 is 0 Å². The van der Waals surface area contributed by atoms with E-state index in [1.165, 1.54) is 44.9 Å². The van der Waals surface area contributed by atoms with Crippen LogP contribution in [0.2, 0.25) is 0 Å². The average Bonchev–Trinajstić information content (AvgIpc) is 2.39. The molecule has 1 nitrogen and oxygen atoms in total. The first-order valence-electron chi connectivity index (χ1n) is 9.43. The van der Waals surface area contributed by atoms with Crippen molar-refractivity contribution in [2.75, 3.05) is 0 Å². The fraction of sp³-hybridized carbons (Fsp3) is 1.00. The quantitative estimate of drug-likeness (QED) is 0.632. The van der Waals surface area contributed by atoms with Crippen LogP contribution in [0.25, 0.3) is 0 Å². The van der Waals surface area contributed by atoms with E-state index in [4.69, 9.17) is 0 Å². The van der Waals surface area contributed by atoms with Gasteiger partial charge in [0.25, 0.3) is 0 Å². The zero-order valence-electron chi connectivity index (χ0n) is 14.9. The molecule has 3 fully saturated rings. The second-order valence-corrected chi connectivity index (χ2v) is 9.70. The van der Waals surface area contributed by atoms with Crippen LogP contribution in [0.3, 0.4) is 0 Å². The Morgan fingerprint density at radius 2 is 1.62 bits per heavy atom. The van der Waals surface area contributed by atoms with Crippen LogP contribution < -0.4 is 0 Å². The molecule has 21 heavy (non-hydrogen) atoms. The van der Waals surface area contributed by atoms with Gasteiger partial charge in [0.05, 0.1) is 5.60 Å². The molecule has 0 aromatic rings. The first-order chi connectivity index (χ1) is 9.71. The summed E-state index contributed by atoms with van der Waals surface area (Å²) in [5, 5.41) is 11.7. The van der Waals surface area contributed by atoms with Crippen molar-refractivity contribution in [2.45, 2.75) is 91.6 Å². The Bertz CT molecular complexity index is 401. The summed E-state index contributed by atoms with van der Waals surface area (Å²) in [5.74, 6) is 2.91. The number of aliphatic hydroxyl groups is 1. The Labute approximate surface area is 131 Å². The number of fused-ring (bicyclic) bond motifs is 3. The Balaban J connectivity index is 1.98. The molecule has 2 bridgehead atoms. The molecule has 0 unspecified atom stereocenters. The van der Waals surface area contributed by atoms with Gasteiger partial charge in [-0.3, -0.25) is 0 Å². The van der Waals surface area contributed by atoms with Gasteiger partial charge in [0, 0.05) is 0 Å². The van der Waals surface area contributed by atoms with E-state index in [-0.39, 0.29) is 5.41 Å². The van der Waals surface area contributed by atoms with E-state index in [1.54, 1.807) is 0 Å². The standard InChI is InChI=1S/C20H36O/c1-14-8-9-16-13-20(21)15(2)7-6-11-19(20,5)12-10-17(14)18(16,3)4/h14-17,21H,6-13H2,1-5H3/t14-,15-,16+,17+,19+,20+/m1/s1. The van der Waals surface area contributed by atoms with Crippen LogP contribution in [0.15, 0.2) is 0 Å². The van der Waals surface area contributed by atoms with Gasteiger partial charge in [-0.05, 0) is 73.0 Å². The van der Waals surface area contributed by atoms with Crippen molar-refractivity contribution in [3.63, 3.8) is 0 Å². The highest BCUT2D eigenvalue weighted by Gasteiger charge is 2.57. The van der Waals surface area contributed by atoms with Crippen molar-refractivity contribution in [3.05, 3.63) is 0 Å². The van der Waals surface area contributed by atoms with Crippen LogP contribution in [0, 0.1) is 34.5 Å². The van der Waals surface area contributed by atoms with Crippen molar-refractivity contribution in [1.29, 1.82) is 0 Å². The van der Waals surface area contributed by atoms with Crippen LogP contribution in [-0.2, 0) is 0 Å². The predicted molar refractivity (Wildman–Crippen MR) is 89.1 cm³/mol. The Morgan fingerprint density at radius 3 is 2.33 bits per heavy atom. The Morgan fingerprint density at radius 1 is 0.905 bits per heavy atom. The molecule has 0 aliphatic heterocycles. The van der Waals surface area contributed by atoms with E-state index in [2.05, 4.69) is 34.6 Å². The zero-order chi connectivity index (χ0) is 15.5. The van der Waals surface area contributed by atoms with Gasteiger partial charge in [0.1, 0.15) is 0 Å². The minimum Gasteiger partial charge on any atom is -0.389 e. The van der Waals surface area contributed by atoms with Crippen molar-refractivity contribution >= 4 is 0 Å². The summed E-state index contributed by atoms with van der Waals surface area (Å²) >= 11 is 0. The first-order valence-corrected chi connectivity index (χ1v) is 9.43. The molecular weight excluding hydrogens is 256 g/mol. The van der Waals surface area contributed by atoms with Gasteiger partial charge in [-0.25, -0.2) is 0 Å². The fourth-order valence-electron chi connectivity index (χ4n) is 6.58. The van der Waals surface area contributed by atoms with Crippen LogP contribution in [0.5, 0.6) is 0 Å². The highest BCUT2D eigenvalue weighted by molar-refractivity contribution is 5.08. The average molecular weight is 293 g/mol. The number of hydrogen-bond acceptors (Lipinski definition) is 1. The summed E-state index contributed by atoms with van der Waals surface area (Å²) in [6, 6.07) is 0. The predicted octanol–water partition coefficient (Wildman–Crippen LogP) is 5.42. The summed E-state index contributed by atoms with van der Waals surface area (Å²) in [6.45, 7) is 12.2. The lowest BCUT2D eigenvalue weighted by Gasteiger charge is -2.60. The highest BCUT2D eigenvalue weighted by atomic mass is 16.3. The van der Waals surface area contributed by atoms with Crippen LogP contribution in [-0.4, -0.2) is 10.7 Å². The van der Waals surface area contributed by atoms with Crippen molar-refractivity contribution < 1.29 is 5.11 Å². The van der Waals surface area contributed by atoms with E-state index in [0.29, 0.717) is 17.3 Å². The van der Waals surface area contributed by atoms with Crippen molar-refractivity contribution in [3.8, 4) is 0 Å². The number of rotatable bonds is 0. The van der Waals surface area contributed by atoms with Gasteiger partial charge in [-0.1, -0.05) is 47.5 Å². The molecular formula is C20H36O. The highest BCUT2D eigenvalue weighted by Crippen LogP contribution is 2.61. The topological polar surface area (TPSA) is 20.2 Å². The smallest absolute Gasteiger partial charge is 0.0729 e. The monoisotopic (exact) mass is 292 g/mol. The van der Waals surface area contributed by atoms with Crippen LogP contribution in [0.1, 0.15) is 86.0 Å². The molecule has 0 heterocycles. The van der Waals surface area contributed by atoms with Gasteiger partial charge >= 0.3 is 0 Å². The SMILES string of the molecule is C[C@@H]1CC[C@H]2C[C@]3(O)[C@H](C)CCC[C@@]3(C)CC[C@@H]1C2(C)C. The van der Waals surface area contributed by atoms with Gasteiger partial charge in [0.2, 0.25) is 0 Å². The summed E-state index contributed by atoms with van der Waals surface area (Å²) in [5.41, 5.74) is 0.152. The zero-order valence-corrected chi connectivity index (χ0v) is 14.9. The van der Waals surface area contributed by atoms with E-state index in [1.807, 2.05) is 0 Å². The van der Waals surface area contributed by atoms with E-state index in [0.717, 1.165) is 18.3 Å². The molecule has 0 aromatic heterocycles. The molecule has 3 aliphatic carbocycles. The fourth-order valence-corrected chi connectivity index (χ4v) is 6.58. The molecule has 1 N–H and O–H groups in total. The van der Waals surface area contributed by atoms with E-state index in [9.17, 15) is 5.11 Å². The van der Waals surface area contributed by atoms with E-state index >= 15 is 0 Å². The lowest BCUT2D eigenvalue weighted by atomic mass is 9.47.